The molecule has 3 nitrogen and oxygen atoms in total. The average molecular weight is 353 g/mol. The number of halogens is 1. The third kappa shape index (κ3) is 3.35. The topological polar surface area (TPSA) is 43.4 Å². The first-order valence-electron chi connectivity index (χ1n) is 6.04. The summed E-state index contributed by atoms with van der Waals surface area (Å²) in [7, 11) is 0. The van der Waals surface area contributed by atoms with Crippen molar-refractivity contribution in [1.29, 1.82) is 0 Å². The lowest BCUT2D eigenvalue weighted by atomic mass is 10.1. The second-order valence-electron chi connectivity index (χ2n) is 4.35. The number of ketones is 1. The van der Waals surface area contributed by atoms with Gasteiger partial charge in [0.15, 0.2) is 6.10 Å². The predicted molar refractivity (Wildman–Crippen MR) is 82.4 cm³/mol. The number of rotatable bonds is 4. The SMILES string of the molecule is Cc1ccsc1C(=O)O[C@H](C)C(=O)c1ccc(Br)cc1. The van der Waals surface area contributed by atoms with Gasteiger partial charge in [0, 0.05) is 10.0 Å². The summed E-state index contributed by atoms with van der Waals surface area (Å²) >= 11 is 4.63. The van der Waals surface area contributed by atoms with Gasteiger partial charge in [-0.15, -0.1) is 11.3 Å². The number of thiophene rings is 1. The van der Waals surface area contributed by atoms with E-state index in [1.54, 1.807) is 31.2 Å². The lowest BCUT2D eigenvalue weighted by molar-refractivity contribution is 0.0323. The van der Waals surface area contributed by atoms with Crippen LogP contribution in [0.25, 0.3) is 0 Å². The number of ether oxygens (including phenoxy) is 1. The third-order valence-corrected chi connectivity index (χ3v) is 4.35. The van der Waals surface area contributed by atoms with Crippen molar-refractivity contribution in [2.75, 3.05) is 0 Å². The van der Waals surface area contributed by atoms with E-state index in [0.717, 1.165) is 10.0 Å². The number of Topliss-reactive ketones (excluding diaryl/α,β-unsaturated/α-hetero) is 1. The molecule has 1 atom stereocenters. The van der Waals surface area contributed by atoms with Gasteiger partial charge in [0.25, 0.3) is 0 Å². The normalized spacial score (nSPS) is 11.9. The zero-order chi connectivity index (χ0) is 14.7. The number of hydrogen-bond donors (Lipinski definition) is 0. The summed E-state index contributed by atoms with van der Waals surface area (Å²) in [5.41, 5.74) is 1.39. The fraction of sp³-hybridized carbons (Fsp3) is 0.200. The van der Waals surface area contributed by atoms with Gasteiger partial charge in [-0.25, -0.2) is 4.79 Å². The maximum atomic E-state index is 12.2. The zero-order valence-electron chi connectivity index (χ0n) is 11.1. The fourth-order valence-electron chi connectivity index (χ4n) is 1.70. The maximum Gasteiger partial charge on any atom is 0.349 e. The van der Waals surface area contributed by atoms with Crippen LogP contribution in [-0.4, -0.2) is 17.9 Å². The van der Waals surface area contributed by atoms with Crippen molar-refractivity contribution in [1.82, 2.24) is 0 Å². The van der Waals surface area contributed by atoms with E-state index in [2.05, 4.69) is 15.9 Å². The van der Waals surface area contributed by atoms with Crippen LogP contribution in [0.2, 0.25) is 0 Å². The summed E-state index contributed by atoms with van der Waals surface area (Å²) < 4.78 is 6.13. The minimum atomic E-state index is -0.801. The Kier molecular flexibility index (Phi) is 4.73. The molecule has 0 saturated carbocycles. The standard InChI is InChI=1S/C15H13BrO3S/c1-9-7-8-20-14(9)15(18)19-10(2)13(17)11-3-5-12(16)6-4-11/h3-8,10H,1-2H3/t10-/m1/s1. The van der Waals surface area contributed by atoms with Gasteiger partial charge in [-0.3, -0.25) is 4.79 Å². The van der Waals surface area contributed by atoms with Crippen LogP contribution in [0.3, 0.4) is 0 Å². The first-order chi connectivity index (χ1) is 9.49. The van der Waals surface area contributed by atoms with Crippen LogP contribution in [-0.2, 0) is 4.74 Å². The highest BCUT2D eigenvalue weighted by atomic mass is 79.9. The van der Waals surface area contributed by atoms with E-state index < -0.39 is 12.1 Å². The monoisotopic (exact) mass is 352 g/mol. The van der Waals surface area contributed by atoms with E-state index in [-0.39, 0.29) is 5.78 Å². The maximum absolute atomic E-state index is 12.2. The second-order valence-corrected chi connectivity index (χ2v) is 6.18. The van der Waals surface area contributed by atoms with Gasteiger partial charge in [0.05, 0.1) is 0 Å². The molecule has 0 fully saturated rings. The molecule has 0 N–H and O–H groups in total. The first kappa shape index (κ1) is 14.9. The molecule has 1 heterocycles. The van der Waals surface area contributed by atoms with Gasteiger partial charge < -0.3 is 4.74 Å². The van der Waals surface area contributed by atoms with Crippen molar-refractivity contribution >= 4 is 39.0 Å². The highest BCUT2D eigenvalue weighted by molar-refractivity contribution is 9.10. The molecule has 2 aromatic rings. The second kappa shape index (κ2) is 6.33. The molecule has 5 heteroatoms. The Labute approximate surface area is 129 Å². The van der Waals surface area contributed by atoms with Crippen LogP contribution in [0.4, 0.5) is 0 Å². The summed E-state index contributed by atoms with van der Waals surface area (Å²) in [6.07, 6.45) is -0.801. The molecular weight excluding hydrogens is 340 g/mol. The van der Waals surface area contributed by atoms with Gasteiger partial charge in [-0.2, -0.15) is 0 Å². The van der Waals surface area contributed by atoms with Gasteiger partial charge in [0.2, 0.25) is 5.78 Å². The van der Waals surface area contributed by atoms with Crippen molar-refractivity contribution in [2.24, 2.45) is 0 Å². The Morgan fingerprint density at radius 1 is 1.20 bits per heavy atom. The van der Waals surface area contributed by atoms with Crippen LogP contribution >= 0.6 is 27.3 Å². The molecular formula is C15H13BrO3S. The Morgan fingerprint density at radius 3 is 2.40 bits per heavy atom. The van der Waals surface area contributed by atoms with Crippen LogP contribution in [0.15, 0.2) is 40.2 Å². The number of carbonyl (C=O) groups excluding carboxylic acids is 2. The molecule has 0 aliphatic carbocycles. The molecule has 0 spiro atoms. The zero-order valence-corrected chi connectivity index (χ0v) is 13.5. The molecule has 0 radical (unpaired) electrons. The largest absolute Gasteiger partial charge is 0.450 e. The van der Waals surface area contributed by atoms with E-state index in [1.165, 1.54) is 11.3 Å². The molecule has 0 unspecified atom stereocenters. The highest BCUT2D eigenvalue weighted by Gasteiger charge is 2.21. The molecule has 0 bridgehead atoms. The Hall–Kier alpha value is -1.46. The van der Waals surface area contributed by atoms with E-state index >= 15 is 0 Å². The molecule has 20 heavy (non-hydrogen) atoms. The smallest absolute Gasteiger partial charge is 0.349 e. The van der Waals surface area contributed by atoms with Crippen molar-refractivity contribution in [2.45, 2.75) is 20.0 Å². The van der Waals surface area contributed by atoms with E-state index in [9.17, 15) is 9.59 Å². The first-order valence-corrected chi connectivity index (χ1v) is 7.71. The number of carbonyl (C=O) groups is 2. The number of hydrogen-bond acceptors (Lipinski definition) is 4. The number of aryl methyl sites for hydroxylation is 1. The minimum absolute atomic E-state index is 0.208. The van der Waals surface area contributed by atoms with E-state index in [0.29, 0.717) is 10.4 Å². The molecule has 0 amide bonds. The van der Waals surface area contributed by atoms with Crippen LogP contribution < -0.4 is 0 Å². The molecule has 0 aliphatic rings. The summed E-state index contributed by atoms with van der Waals surface area (Å²) in [4.78, 5) is 24.7. The quantitative estimate of drug-likeness (QED) is 0.610. The Balaban J connectivity index is 2.06. The molecule has 1 aromatic carbocycles. The summed E-state index contributed by atoms with van der Waals surface area (Å²) in [6.45, 7) is 3.43. The van der Waals surface area contributed by atoms with Crippen molar-refractivity contribution < 1.29 is 14.3 Å². The fourth-order valence-corrected chi connectivity index (χ4v) is 2.77. The molecule has 1 aromatic heterocycles. The lowest BCUT2D eigenvalue weighted by Gasteiger charge is -2.12. The van der Waals surface area contributed by atoms with E-state index in [1.807, 2.05) is 18.4 Å². The summed E-state index contributed by atoms with van der Waals surface area (Å²) in [5, 5.41) is 1.83. The lowest BCUT2D eigenvalue weighted by Crippen LogP contribution is -2.24. The highest BCUT2D eigenvalue weighted by Crippen LogP contribution is 2.18. The third-order valence-electron chi connectivity index (χ3n) is 2.83. The summed E-state index contributed by atoms with van der Waals surface area (Å²) in [5.74, 6) is -0.657. The van der Waals surface area contributed by atoms with Crippen LogP contribution in [0.1, 0.15) is 32.5 Å². The summed E-state index contributed by atoms with van der Waals surface area (Å²) in [6, 6.07) is 8.82. The number of esters is 1. The van der Waals surface area contributed by atoms with Gasteiger partial charge >= 0.3 is 5.97 Å². The number of benzene rings is 1. The van der Waals surface area contributed by atoms with Gasteiger partial charge in [-0.05, 0) is 43.0 Å². The van der Waals surface area contributed by atoms with Gasteiger partial charge in [-0.1, -0.05) is 28.1 Å². The Morgan fingerprint density at radius 2 is 1.85 bits per heavy atom. The molecule has 104 valence electrons. The molecule has 0 saturated heterocycles. The average Bonchev–Trinajstić information content (AvgIpc) is 2.85. The molecule has 2 rings (SSSR count). The minimum Gasteiger partial charge on any atom is -0.450 e. The molecule has 0 aliphatic heterocycles. The van der Waals surface area contributed by atoms with Crippen LogP contribution in [0, 0.1) is 6.92 Å². The van der Waals surface area contributed by atoms with Crippen molar-refractivity contribution in [3.05, 3.63) is 56.2 Å². The Bertz CT molecular complexity index is 631. The van der Waals surface area contributed by atoms with E-state index in [4.69, 9.17) is 4.74 Å². The van der Waals surface area contributed by atoms with Crippen LogP contribution in [0.5, 0.6) is 0 Å². The van der Waals surface area contributed by atoms with Gasteiger partial charge in [0.1, 0.15) is 4.88 Å². The van der Waals surface area contributed by atoms with Crippen molar-refractivity contribution in [3.63, 3.8) is 0 Å². The van der Waals surface area contributed by atoms with Crippen molar-refractivity contribution in [3.8, 4) is 0 Å². The predicted octanol–water partition coefficient (Wildman–Crippen LogP) is 4.25.